The molecule has 0 amide bonds. The van der Waals surface area contributed by atoms with E-state index in [-0.39, 0.29) is 11.2 Å². The molecule has 1 aromatic rings. The third-order valence-electron chi connectivity index (χ3n) is 4.73. The zero-order valence-electron chi connectivity index (χ0n) is 14.3. The molecule has 5 nitrogen and oxygen atoms in total. The molecule has 1 heterocycles. The van der Waals surface area contributed by atoms with Gasteiger partial charge in [0.2, 0.25) is 0 Å². The lowest BCUT2D eigenvalue weighted by Gasteiger charge is -2.46. The fourth-order valence-electron chi connectivity index (χ4n) is 2.82. The number of phenolic OH excluding ortho intramolecular Hbond substituents is 1. The van der Waals surface area contributed by atoms with Crippen molar-refractivity contribution in [2.24, 2.45) is 11.1 Å². The van der Waals surface area contributed by atoms with Gasteiger partial charge >= 0.3 is 0 Å². The molecule has 1 fully saturated rings. The quantitative estimate of drug-likeness (QED) is 0.749. The van der Waals surface area contributed by atoms with Crippen molar-refractivity contribution in [3.8, 4) is 5.75 Å². The molecule has 2 atom stereocenters. The Bertz CT molecular complexity index is 494. The van der Waals surface area contributed by atoms with Gasteiger partial charge in [0.1, 0.15) is 5.75 Å². The number of aliphatic hydroxyl groups is 1. The standard InChI is InChI=1S/C18H29NO4/c1-4-5-10-17(2)11-22-18(3,23-12-17)16(19)15(21)13-6-8-14(20)9-7-13/h6-9,15-16,20-21H,4-5,10-12,19H2,1-3H3. The van der Waals surface area contributed by atoms with Crippen LogP contribution in [0, 0.1) is 5.41 Å². The van der Waals surface area contributed by atoms with Crippen molar-refractivity contribution in [3.63, 3.8) is 0 Å². The van der Waals surface area contributed by atoms with E-state index in [0.717, 1.165) is 19.3 Å². The molecule has 130 valence electrons. The first-order valence-corrected chi connectivity index (χ1v) is 8.30. The largest absolute Gasteiger partial charge is 0.508 e. The maximum atomic E-state index is 10.5. The molecule has 0 aliphatic carbocycles. The van der Waals surface area contributed by atoms with Gasteiger partial charge in [-0.25, -0.2) is 0 Å². The molecule has 2 rings (SSSR count). The van der Waals surface area contributed by atoms with Crippen molar-refractivity contribution in [1.29, 1.82) is 0 Å². The summed E-state index contributed by atoms with van der Waals surface area (Å²) in [6.45, 7) is 7.24. The Morgan fingerprint density at radius 2 is 1.74 bits per heavy atom. The number of nitrogens with two attached hydrogens (primary N) is 1. The summed E-state index contributed by atoms with van der Waals surface area (Å²) in [4.78, 5) is 0. The Kier molecular flexibility index (Phi) is 5.68. The van der Waals surface area contributed by atoms with Crippen LogP contribution in [0.3, 0.4) is 0 Å². The molecule has 0 bridgehead atoms. The second kappa shape index (κ2) is 7.18. The van der Waals surface area contributed by atoms with Crippen LogP contribution in [0.25, 0.3) is 0 Å². The maximum absolute atomic E-state index is 10.5. The molecule has 0 radical (unpaired) electrons. The predicted octanol–water partition coefficient (Wildman–Crippen LogP) is 2.71. The van der Waals surface area contributed by atoms with Crippen molar-refractivity contribution in [2.75, 3.05) is 13.2 Å². The summed E-state index contributed by atoms with van der Waals surface area (Å²) in [6.07, 6.45) is 2.41. The van der Waals surface area contributed by atoms with Gasteiger partial charge in [-0.15, -0.1) is 0 Å². The minimum atomic E-state index is -1.02. The Hall–Kier alpha value is -1.14. The number of aromatic hydroxyl groups is 1. The van der Waals surface area contributed by atoms with Gasteiger partial charge in [-0.1, -0.05) is 38.8 Å². The van der Waals surface area contributed by atoms with E-state index < -0.39 is 17.9 Å². The van der Waals surface area contributed by atoms with Gasteiger partial charge in [0.15, 0.2) is 5.79 Å². The van der Waals surface area contributed by atoms with Crippen LogP contribution in [0.2, 0.25) is 0 Å². The third kappa shape index (κ3) is 4.23. The summed E-state index contributed by atoms with van der Waals surface area (Å²) in [5.41, 5.74) is 6.85. The number of aliphatic hydroxyl groups excluding tert-OH is 1. The molecule has 0 spiro atoms. The van der Waals surface area contributed by atoms with Crippen molar-refractivity contribution in [2.45, 2.75) is 58.0 Å². The fourth-order valence-corrected chi connectivity index (χ4v) is 2.82. The zero-order valence-corrected chi connectivity index (χ0v) is 14.3. The van der Waals surface area contributed by atoms with Gasteiger partial charge in [0, 0.05) is 5.41 Å². The Balaban J connectivity index is 2.01. The molecule has 1 aliphatic heterocycles. The number of phenols is 1. The second-order valence-corrected chi connectivity index (χ2v) is 7.07. The summed E-state index contributed by atoms with van der Waals surface area (Å²) in [6, 6.07) is 5.63. The van der Waals surface area contributed by atoms with Crippen LogP contribution in [0.4, 0.5) is 0 Å². The van der Waals surface area contributed by atoms with Crippen LogP contribution < -0.4 is 5.73 Å². The highest BCUT2D eigenvalue weighted by atomic mass is 16.7. The minimum Gasteiger partial charge on any atom is -0.508 e. The highest BCUT2D eigenvalue weighted by Crippen LogP contribution is 2.37. The van der Waals surface area contributed by atoms with Gasteiger partial charge in [0.25, 0.3) is 0 Å². The van der Waals surface area contributed by atoms with Crippen LogP contribution in [-0.4, -0.2) is 35.3 Å². The summed E-state index contributed by atoms with van der Waals surface area (Å²) in [5.74, 6) is -0.874. The summed E-state index contributed by atoms with van der Waals surface area (Å²) < 4.78 is 11.9. The van der Waals surface area contributed by atoms with E-state index in [9.17, 15) is 10.2 Å². The fraction of sp³-hybridized carbons (Fsp3) is 0.667. The van der Waals surface area contributed by atoms with E-state index in [2.05, 4.69) is 13.8 Å². The Morgan fingerprint density at radius 3 is 2.26 bits per heavy atom. The number of benzene rings is 1. The van der Waals surface area contributed by atoms with Crippen LogP contribution in [0.1, 0.15) is 51.7 Å². The number of unbranched alkanes of at least 4 members (excludes halogenated alkanes) is 1. The average molecular weight is 323 g/mol. The van der Waals surface area contributed by atoms with Gasteiger partial charge in [-0.2, -0.15) is 0 Å². The number of ether oxygens (including phenoxy) is 2. The van der Waals surface area contributed by atoms with Crippen molar-refractivity contribution >= 4 is 0 Å². The first kappa shape index (κ1) is 18.2. The number of hydrogen-bond acceptors (Lipinski definition) is 5. The molecule has 0 saturated carbocycles. The smallest absolute Gasteiger partial charge is 0.183 e. The van der Waals surface area contributed by atoms with Crippen LogP contribution in [0.5, 0.6) is 5.75 Å². The summed E-state index contributed by atoms with van der Waals surface area (Å²) in [5, 5.41) is 19.8. The van der Waals surface area contributed by atoms with Gasteiger partial charge in [0.05, 0.1) is 25.4 Å². The molecule has 0 aromatic heterocycles. The van der Waals surface area contributed by atoms with E-state index >= 15 is 0 Å². The lowest BCUT2D eigenvalue weighted by atomic mass is 9.85. The minimum absolute atomic E-state index is 0.00126. The van der Waals surface area contributed by atoms with Gasteiger partial charge < -0.3 is 25.4 Å². The van der Waals surface area contributed by atoms with Crippen LogP contribution in [0.15, 0.2) is 24.3 Å². The first-order chi connectivity index (χ1) is 10.8. The third-order valence-corrected chi connectivity index (χ3v) is 4.73. The SMILES string of the molecule is CCCCC1(C)COC(C)(C(N)C(O)c2ccc(O)cc2)OC1. The molecule has 4 N–H and O–H groups in total. The molecule has 5 heteroatoms. The second-order valence-electron chi connectivity index (χ2n) is 7.07. The molecule has 1 saturated heterocycles. The summed E-state index contributed by atoms with van der Waals surface area (Å²) >= 11 is 0. The summed E-state index contributed by atoms with van der Waals surface area (Å²) in [7, 11) is 0. The molecular weight excluding hydrogens is 294 g/mol. The van der Waals surface area contributed by atoms with E-state index in [1.807, 2.05) is 0 Å². The Morgan fingerprint density at radius 1 is 1.17 bits per heavy atom. The van der Waals surface area contributed by atoms with Crippen molar-refractivity contribution in [1.82, 2.24) is 0 Å². The highest BCUT2D eigenvalue weighted by molar-refractivity contribution is 5.28. The Labute approximate surface area is 138 Å². The number of hydrogen-bond donors (Lipinski definition) is 3. The molecular formula is C18H29NO4. The van der Waals surface area contributed by atoms with E-state index in [1.54, 1.807) is 19.1 Å². The topological polar surface area (TPSA) is 84.9 Å². The van der Waals surface area contributed by atoms with Crippen molar-refractivity contribution < 1.29 is 19.7 Å². The van der Waals surface area contributed by atoms with E-state index in [1.165, 1.54) is 12.1 Å². The molecule has 1 aliphatic rings. The lowest BCUT2D eigenvalue weighted by Crippen LogP contribution is -2.58. The number of rotatable bonds is 6. The maximum Gasteiger partial charge on any atom is 0.183 e. The molecule has 2 unspecified atom stereocenters. The lowest BCUT2D eigenvalue weighted by molar-refractivity contribution is -0.309. The van der Waals surface area contributed by atoms with Crippen molar-refractivity contribution in [3.05, 3.63) is 29.8 Å². The van der Waals surface area contributed by atoms with Crippen LogP contribution in [-0.2, 0) is 9.47 Å². The van der Waals surface area contributed by atoms with Gasteiger partial charge in [-0.05, 0) is 31.0 Å². The highest BCUT2D eigenvalue weighted by Gasteiger charge is 2.45. The van der Waals surface area contributed by atoms with E-state index in [0.29, 0.717) is 18.8 Å². The first-order valence-electron chi connectivity index (χ1n) is 8.30. The predicted molar refractivity (Wildman–Crippen MR) is 89.0 cm³/mol. The molecule has 23 heavy (non-hydrogen) atoms. The van der Waals surface area contributed by atoms with Gasteiger partial charge in [-0.3, -0.25) is 0 Å². The monoisotopic (exact) mass is 323 g/mol. The molecule has 1 aromatic carbocycles. The average Bonchev–Trinajstić information content (AvgIpc) is 2.55. The normalized spacial score (nSPS) is 30.8. The van der Waals surface area contributed by atoms with Crippen LogP contribution >= 0.6 is 0 Å². The van der Waals surface area contributed by atoms with E-state index in [4.69, 9.17) is 15.2 Å². The zero-order chi connectivity index (χ0) is 17.1.